The first-order valence-corrected chi connectivity index (χ1v) is 5.48. The fourth-order valence-electron chi connectivity index (χ4n) is 1.53. The summed E-state index contributed by atoms with van der Waals surface area (Å²) in [4.78, 5) is 19.6. The Hall–Kier alpha value is -2.37. The zero-order valence-electron chi connectivity index (χ0n) is 10.3. The van der Waals surface area contributed by atoms with Crippen LogP contribution in [0.25, 0.3) is 10.9 Å². The molecule has 0 aliphatic heterocycles. The number of nitrogen functional groups attached to an aromatic ring is 1. The summed E-state index contributed by atoms with van der Waals surface area (Å²) in [7, 11) is 0. The number of nitrogens with one attached hydrogen (secondary N) is 1. The second-order valence-electron chi connectivity index (χ2n) is 4.61. The molecule has 0 atom stereocenters. The molecule has 0 spiro atoms. The van der Waals surface area contributed by atoms with Gasteiger partial charge in [-0.1, -0.05) is 0 Å². The number of rotatable bonds is 3. The van der Waals surface area contributed by atoms with Crippen LogP contribution in [0.5, 0.6) is 0 Å². The molecule has 18 heavy (non-hydrogen) atoms. The molecule has 6 nitrogen and oxygen atoms in total. The Kier molecular flexibility index (Phi) is 2.78. The zero-order valence-corrected chi connectivity index (χ0v) is 10.3. The van der Waals surface area contributed by atoms with Gasteiger partial charge in [-0.2, -0.15) is 0 Å². The third kappa shape index (κ3) is 2.17. The van der Waals surface area contributed by atoms with Gasteiger partial charge in [0.1, 0.15) is 17.7 Å². The molecule has 1 aromatic carbocycles. The number of amides is 1. The molecule has 0 aliphatic rings. The van der Waals surface area contributed by atoms with E-state index in [1.165, 1.54) is 6.33 Å². The second-order valence-corrected chi connectivity index (χ2v) is 4.61. The molecular weight excluding hydrogens is 230 g/mol. The Morgan fingerprint density at radius 2 is 2.06 bits per heavy atom. The first-order valence-electron chi connectivity index (χ1n) is 5.48. The summed E-state index contributed by atoms with van der Waals surface area (Å²) in [6.45, 7) is 3.39. The van der Waals surface area contributed by atoms with Gasteiger partial charge >= 0.3 is 0 Å². The van der Waals surface area contributed by atoms with E-state index < -0.39 is 11.4 Å². The number of hydrogen-bond donors (Lipinski definition) is 3. The van der Waals surface area contributed by atoms with Crippen molar-refractivity contribution in [3.8, 4) is 0 Å². The van der Waals surface area contributed by atoms with E-state index >= 15 is 0 Å². The second kappa shape index (κ2) is 4.14. The molecule has 2 aromatic rings. The average Bonchev–Trinajstić information content (AvgIpc) is 2.28. The van der Waals surface area contributed by atoms with Crippen LogP contribution in [0.3, 0.4) is 0 Å². The van der Waals surface area contributed by atoms with Gasteiger partial charge in [-0.05, 0) is 32.0 Å². The van der Waals surface area contributed by atoms with E-state index in [1.807, 2.05) is 6.07 Å². The molecule has 5 N–H and O–H groups in total. The van der Waals surface area contributed by atoms with E-state index in [1.54, 1.807) is 26.0 Å². The molecule has 0 saturated carbocycles. The van der Waals surface area contributed by atoms with E-state index in [2.05, 4.69) is 15.3 Å². The smallest absolute Gasteiger partial charge is 0.242 e. The van der Waals surface area contributed by atoms with Crippen molar-refractivity contribution in [1.29, 1.82) is 0 Å². The summed E-state index contributed by atoms with van der Waals surface area (Å²) < 4.78 is 0. The van der Waals surface area contributed by atoms with Crippen LogP contribution in [0.4, 0.5) is 11.5 Å². The van der Waals surface area contributed by atoms with Crippen molar-refractivity contribution in [2.24, 2.45) is 5.73 Å². The van der Waals surface area contributed by atoms with Gasteiger partial charge in [0.05, 0.1) is 5.52 Å². The van der Waals surface area contributed by atoms with Gasteiger partial charge in [0.25, 0.3) is 0 Å². The molecule has 1 aromatic heterocycles. The number of carbonyl (C=O) groups excluding carboxylic acids is 1. The minimum absolute atomic E-state index is 0.454. The van der Waals surface area contributed by atoms with Crippen LogP contribution in [-0.4, -0.2) is 21.4 Å². The standard InChI is InChI=1S/C12H15N5O/c1-12(2,11(14)18)17-10-8-4-3-7(13)5-9(8)15-6-16-10/h3-6H,13H2,1-2H3,(H2,14,18)(H,15,16,17). The normalized spacial score (nSPS) is 11.4. The van der Waals surface area contributed by atoms with Gasteiger partial charge < -0.3 is 16.8 Å². The number of anilines is 2. The summed E-state index contributed by atoms with van der Waals surface area (Å²) in [6.07, 6.45) is 1.42. The molecule has 0 saturated heterocycles. The molecular formula is C12H15N5O. The van der Waals surface area contributed by atoms with Gasteiger partial charge in [0.15, 0.2) is 0 Å². The molecule has 1 heterocycles. The maximum Gasteiger partial charge on any atom is 0.242 e. The SMILES string of the molecule is CC(C)(Nc1ncnc2cc(N)ccc12)C(N)=O. The lowest BCUT2D eigenvalue weighted by atomic mass is 10.0. The molecule has 0 bridgehead atoms. The van der Waals surface area contributed by atoms with Crippen LogP contribution in [-0.2, 0) is 4.79 Å². The van der Waals surface area contributed by atoms with Crippen LogP contribution in [0.2, 0.25) is 0 Å². The molecule has 0 unspecified atom stereocenters. The maximum atomic E-state index is 11.3. The average molecular weight is 245 g/mol. The monoisotopic (exact) mass is 245 g/mol. The minimum atomic E-state index is -0.886. The number of primary amides is 1. The van der Waals surface area contributed by atoms with Crippen molar-refractivity contribution in [2.75, 3.05) is 11.1 Å². The molecule has 0 fully saturated rings. The zero-order chi connectivity index (χ0) is 13.3. The summed E-state index contributed by atoms with van der Waals surface area (Å²) in [5.74, 6) is 0.105. The van der Waals surface area contributed by atoms with Gasteiger partial charge in [0, 0.05) is 11.1 Å². The van der Waals surface area contributed by atoms with E-state index in [9.17, 15) is 4.79 Å². The lowest BCUT2D eigenvalue weighted by Gasteiger charge is -2.23. The van der Waals surface area contributed by atoms with E-state index in [0.717, 1.165) is 5.39 Å². The van der Waals surface area contributed by atoms with E-state index in [-0.39, 0.29) is 0 Å². The fraction of sp³-hybridized carbons (Fsp3) is 0.250. The van der Waals surface area contributed by atoms with Crippen molar-refractivity contribution in [3.63, 3.8) is 0 Å². The number of benzene rings is 1. The Labute approximate surface area is 104 Å². The summed E-state index contributed by atoms with van der Waals surface area (Å²) in [5, 5.41) is 3.81. The maximum absolute atomic E-state index is 11.3. The number of fused-ring (bicyclic) bond motifs is 1. The fourth-order valence-corrected chi connectivity index (χ4v) is 1.53. The summed E-state index contributed by atoms with van der Waals surface area (Å²) in [5.41, 5.74) is 11.5. The lowest BCUT2D eigenvalue weighted by molar-refractivity contribution is -0.121. The van der Waals surface area contributed by atoms with Gasteiger partial charge in [0.2, 0.25) is 5.91 Å². The predicted octanol–water partition coefficient (Wildman–Crippen LogP) is 0.888. The molecule has 1 amide bonds. The van der Waals surface area contributed by atoms with Crippen molar-refractivity contribution < 1.29 is 4.79 Å². The Balaban J connectivity index is 2.49. The van der Waals surface area contributed by atoms with E-state index in [4.69, 9.17) is 11.5 Å². The number of nitrogens with two attached hydrogens (primary N) is 2. The largest absolute Gasteiger partial charge is 0.399 e. The third-order valence-corrected chi connectivity index (χ3v) is 2.71. The highest BCUT2D eigenvalue weighted by Gasteiger charge is 2.25. The van der Waals surface area contributed by atoms with Gasteiger partial charge in [-0.25, -0.2) is 9.97 Å². The molecule has 0 radical (unpaired) electrons. The molecule has 0 aliphatic carbocycles. The topological polar surface area (TPSA) is 107 Å². The lowest BCUT2D eigenvalue weighted by Crippen LogP contribution is -2.45. The Morgan fingerprint density at radius 1 is 1.33 bits per heavy atom. The van der Waals surface area contributed by atoms with Crippen LogP contribution in [0.15, 0.2) is 24.5 Å². The van der Waals surface area contributed by atoms with Gasteiger partial charge in [-0.15, -0.1) is 0 Å². The number of carbonyl (C=O) groups is 1. The first-order chi connectivity index (χ1) is 8.40. The van der Waals surface area contributed by atoms with Crippen molar-refractivity contribution in [2.45, 2.75) is 19.4 Å². The van der Waals surface area contributed by atoms with Crippen molar-refractivity contribution in [3.05, 3.63) is 24.5 Å². The van der Waals surface area contributed by atoms with Crippen LogP contribution in [0, 0.1) is 0 Å². The predicted molar refractivity (Wildman–Crippen MR) is 70.8 cm³/mol. The molecule has 94 valence electrons. The number of hydrogen-bond acceptors (Lipinski definition) is 5. The van der Waals surface area contributed by atoms with Crippen molar-refractivity contribution in [1.82, 2.24) is 9.97 Å². The molecule has 6 heteroatoms. The third-order valence-electron chi connectivity index (χ3n) is 2.71. The highest BCUT2D eigenvalue weighted by atomic mass is 16.1. The molecule has 2 rings (SSSR count). The first kappa shape index (κ1) is 12.1. The Morgan fingerprint density at radius 3 is 2.72 bits per heavy atom. The quantitative estimate of drug-likeness (QED) is 0.696. The van der Waals surface area contributed by atoms with E-state index in [0.29, 0.717) is 17.0 Å². The Bertz CT molecular complexity index is 608. The minimum Gasteiger partial charge on any atom is -0.399 e. The summed E-state index contributed by atoms with van der Waals surface area (Å²) >= 11 is 0. The van der Waals surface area contributed by atoms with Gasteiger partial charge in [-0.3, -0.25) is 4.79 Å². The highest BCUT2D eigenvalue weighted by Crippen LogP contribution is 2.23. The van der Waals surface area contributed by atoms with Crippen LogP contribution < -0.4 is 16.8 Å². The summed E-state index contributed by atoms with van der Waals surface area (Å²) in [6, 6.07) is 5.32. The van der Waals surface area contributed by atoms with Crippen LogP contribution >= 0.6 is 0 Å². The number of aromatic nitrogens is 2. The van der Waals surface area contributed by atoms with Crippen LogP contribution in [0.1, 0.15) is 13.8 Å². The van der Waals surface area contributed by atoms with Crippen molar-refractivity contribution >= 4 is 28.3 Å². The number of nitrogens with zero attached hydrogens (tertiary/aromatic N) is 2. The highest BCUT2D eigenvalue weighted by molar-refractivity contribution is 5.94.